The van der Waals surface area contributed by atoms with Gasteiger partial charge in [-0.3, -0.25) is 15.0 Å². The minimum absolute atomic E-state index is 0.0418. The maximum Gasteiger partial charge on any atom is 0.248 e. The van der Waals surface area contributed by atoms with Gasteiger partial charge in [-0.05, 0) is 48.9 Å². The normalized spacial score (nSPS) is 23.7. The Hall–Kier alpha value is -3.04. The summed E-state index contributed by atoms with van der Waals surface area (Å²) in [5, 5.41) is 14.5. The van der Waals surface area contributed by atoms with Crippen molar-refractivity contribution in [3.8, 4) is 5.75 Å². The van der Waals surface area contributed by atoms with Crippen LogP contribution in [0, 0.1) is 11.8 Å². The molecule has 38 heavy (non-hydrogen) atoms. The molecule has 1 saturated carbocycles. The zero-order chi connectivity index (χ0) is 27.3. The Bertz CT molecular complexity index is 1080. The number of halogens is 2. The average Bonchev–Trinajstić information content (AvgIpc) is 3.42. The molecule has 9 heteroatoms. The third-order valence-corrected chi connectivity index (χ3v) is 7.97. The van der Waals surface area contributed by atoms with Crippen LogP contribution in [-0.4, -0.2) is 65.0 Å². The van der Waals surface area contributed by atoms with Crippen molar-refractivity contribution in [2.24, 2.45) is 11.8 Å². The average molecular weight is 529 g/mol. The molecule has 1 heterocycles. The first-order chi connectivity index (χ1) is 18.1. The van der Waals surface area contributed by atoms with Crippen molar-refractivity contribution in [2.45, 2.75) is 63.6 Å². The fourth-order valence-corrected chi connectivity index (χ4v) is 5.59. The SMILES string of the molecule is CC1C(C(C(=O)NCc2ccccc2)N(CC2CCC(F)(F)C2)C(=O)CCc2ccc(O)cc2)CNN1C. The van der Waals surface area contributed by atoms with Crippen LogP contribution in [0.3, 0.4) is 0 Å². The number of aromatic hydroxyl groups is 1. The summed E-state index contributed by atoms with van der Waals surface area (Å²) in [4.78, 5) is 29.1. The molecule has 1 aliphatic carbocycles. The summed E-state index contributed by atoms with van der Waals surface area (Å²) in [7, 11) is 1.90. The number of amides is 2. The third kappa shape index (κ3) is 7.08. The van der Waals surface area contributed by atoms with Gasteiger partial charge in [-0.25, -0.2) is 13.8 Å². The predicted octanol–water partition coefficient (Wildman–Crippen LogP) is 3.73. The molecule has 1 saturated heterocycles. The number of nitrogens with one attached hydrogen (secondary N) is 2. The molecule has 2 aromatic carbocycles. The van der Waals surface area contributed by atoms with E-state index in [1.807, 2.05) is 49.3 Å². The lowest BCUT2D eigenvalue weighted by atomic mass is 9.90. The molecular weight excluding hydrogens is 490 g/mol. The Morgan fingerprint density at radius 2 is 1.87 bits per heavy atom. The summed E-state index contributed by atoms with van der Waals surface area (Å²) in [5.74, 6) is -3.67. The molecule has 0 radical (unpaired) electrons. The number of carbonyl (C=O) groups excluding carboxylic acids is 2. The first kappa shape index (κ1) is 28.0. The molecule has 4 unspecified atom stereocenters. The van der Waals surface area contributed by atoms with Gasteiger partial charge in [0, 0.05) is 57.9 Å². The summed E-state index contributed by atoms with van der Waals surface area (Å²) >= 11 is 0. The molecule has 206 valence electrons. The van der Waals surface area contributed by atoms with Crippen molar-refractivity contribution >= 4 is 11.8 Å². The quantitative estimate of drug-likeness (QED) is 0.438. The number of aryl methyl sites for hydroxylation is 1. The number of hydrazine groups is 1. The molecule has 7 nitrogen and oxygen atoms in total. The van der Waals surface area contributed by atoms with Gasteiger partial charge in [0.15, 0.2) is 0 Å². The fourth-order valence-electron chi connectivity index (χ4n) is 5.59. The number of phenols is 1. The standard InChI is InChI=1S/C29H38F2N4O3/c1-20-25(18-33-34(20)2)27(28(38)32-17-22-6-4-3-5-7-22)35(19-23-14-15-29(30,31)16-23)26(37)13-10-21-8-11-24(36)12-9-21/h3-9,11-12,20,23,25,27,33,36H,10,13-19H2,1-2H3,(H,32,38). The van der Waals surface area contributed by atoms with Crippen LogP contribution in [0.2, 0.25) is 0 Å². The summed E-state index contributed by atoms with van der Waals surface area (Å²) < 4.78 is 28.2. The van der Waals surface area contributed by atoms with Crippen molar-refractivity contribution in [2.75, 3.05) is 20.1 Å². The Labute approximate surface area is 223 Å². The Morgan fingerprint density at radius 1 is 1.16 bits per heavy atom. The van der Waals surface area contributed by atoms with E-state index in [1.54, 1.807) is 29.2 Å². The van der Waals surface area contributed by atoms with Crippen LogP contribution in [0.25, 0.3) is 0 Å². The zero-order valence-electron chi connectivity index (χ0n) is 22.1. The van der Waals surface area contributed by atoms with E-state index < -0.39 is 12.0 Å². The number of hydrogen-bond acceptors (Lipinski definition) is 5. The minimum Gasteiger partial charge on any atom is -0.508 e. The second-order valence-corrected chi connectivity index (χ2v) is 10.7. The lowest BCUT2D eigenvalue weighted by Gasteiger charge is -2.38. The van der Waals surface area contributed by atoms with E-state index in [-0.39, 0.29) is 61.2 Å². The van der Waals surface area contributed by atoms with Gasteiger partial charge in [0.25, 0.3) is 0 Å². The predicted molar refractivity (Wildman–Crippen MR) is 141 cm³/mol. The van der Waals surface area contributed by atoms with Crippen LogP contribution >= 0.6 is 0 Å². The monoisotopic (exact) mass is 528 g/mol. The molecule has 4 rings (SSSR count). The number of carbonyl (C=O) groups is 2. The third-order valence-electron chi connectivity index (χ3n) is 7.97. The van der Waals surface area contributed by atoms with Crippen LogP contribution in [0.1, 0.15) is 43.7 Å². The Balaban J connectivity index is 1.58. The number of rotatable bonds is 10. The molecule has 2 fully saturated rings. The van der Waals surface area contributed by atoms with E-state index in [1.165, 1.54) is 0 Å². The first-order valence-electron chi connectivity index (χ1n) is 13.4. The lowest BCUT2D eigenvalue weighted by molar-refractivity contribution is -0.143. The van der Waals surface area contributed by atoms with E-state index in [9.17, 15) is 23.5 Å². The number of benzene rings is 2. The lowest BCUT2D eigenvalue weighted by Crippen LogP contribution is -2.57. The van der Waals surface area contributed by atoms with Crippen molar-refractivity contribution < 1.29 is 23.5 Å². The Kier molecular flexibility index (Phi) is 8.99. The van der Waals surface area contributed by atoms with E-state index in [4.69, 9.17) is 0 Å². The van der Waals surface area contributed by atoms with Crippen molar-refractivity contribution in [3.63, 3.8) is 0 Å². The first-order valence-corrected chi connectivity index (χ1v) is 13.4. The van der Waals surface area contributed by atoms with Gasteiger partial charge in [-0.15, -0.1) is 0 Å². The van der Waals surface area contributed by atoms with E-state index in [0.29, 0.717) is 25.9 Å². The van der Waals surface area contributed by atoms with Crippen molar-refractivity contribution in [3.05, 3.63) is 65.7 Å². The van der Waals surface area contributed by atoms with Gasteiger partial charge >= 0.3 is 0 Å². The Morgan fingerprint density at radius 3 is 2.47 bits per heavy atom. The second-order valence-electron chi connectivity index (χ2n) is 10.7. The molecular formula is C29H38F2N4O3. The van der Waals surface area contributed by atoms with Gasteiger partial charge in [0.1, 0.15) is 11.8 Å². The van der Waals surface area contributed by atoms with E-state index >= 15 is 0 Å². The van der Waals surface area contributed by atoms with Crippen LogP contribution in [0.5, 0.6) is 5.75 Å². The van der Waals surface area contributed by atoms with Crippen LogP contribution < -0.4 is 10.7 Å². The topological polar surface area (TPSA) is 84.9 Å². The highest BCUT2D eigenvalue weighted by Crippen LogP contribution is 2.40. The highest BCUT2D eigenvalue weighted by Gasteiger charge is 2.46. The number of phenolic OH excluding ortho intramolecular Hbond substituents is 1. The number of alkyl halides is 2. The molecule has 2 aliphatic rings. The fraction of sp³-hybridized carbons (Fsp3) is 0.517. The molecule has 2 aromatic rings. The number of nitrogens with zero attached hydrogens (tertiary/aromatic N) is 2. The summed E-state index contributed by atoms with van der Waals surface area (Å²) in [5.41, 5.74) is 5.08. The summed E-state index contributed by atoms with van der Waals surface area (Å²) in [6.07, 6.45) is 0.424. The molecule has 0 aromatic heterocycles. The summed E-state index contributed by atoms with van der Waals surface area (Å²) in [6.45, 7) is 2.95. The number of hydrogen-bond donors (Lipinski definition) is 3. The highest BCUT2D eigenvalue weighted by atomic mass is 19.3. The maximum atomic E-state index is 14.1. The van der Waals surface area contributed by atoms with Crippen molar-refractivity contribution in [1.29, 1.82) is 0 Å². The van der Waals surface area contributed by atoms with E-state index in [2.05, 4.69) is 10.7 Å². The minimum atomic E-state index is -2.74. The molecule has 2 amide bonds. The summed E-state index contributed by atoms with van der Waals surface area (Å²) in [6, 6.07) is 15.4. The molecule has 0 bridgehead atoms. The maximum absolute atomic E-state index is 14.1. The molecule has 3 N–H and O–H groups in total. The molecule has 0 spiro atoms. The largest absolute Gasteiger partial charge is 0.508 e. The van der Waals surface area contributed by atoms with Gasteiger partial charge in [-0.1, -0.05) is 42.5 Å². The highest BCUT2D eigenvalue weighted by molar-refractivity contribution is 5.88. The van der Waals surface area contributed by atoms with Crippen LogP contribution in [0.4, 0.5) is 8.78 Å². The smallest absolute Gasteiger partial charge is 0.248 e. The van der Waals surface area contributed by atoms with Gasteiger partial charge in [0.2, 0.25) is 17.7 Å². The van der Waals surface area contributed by atoms with Gasteiger partial charge in [-0.2, -0.15) is 0 Å². The van der Waals surface area contributed by atoms with Crippen molar-refractivity contribution in [1.82, 2.24) is 20.7 Å². The molecule has 4 atom stereocenters. The van der Waals surface area contributed by atoms with Gasteiger partial charge < -0.3 is 15.3 Å². The van der Waals surface area contributed by atoms with E-state index in [0.717, 1.165) is 11.1 Å². The zero-order valence-corrected chi connectivity index (χ0v) is 22.1. The van der Waals surface area contributed by atoms with Crippen LogP contribution in [-0.2, 0) is 22.6 Å². The van der Waals surface area contributed by atoms with Gasteiger partial charge in [0.05, 0.1) is 0 Å². The second kappa shape index (κ2) is 12.2. The molecule has 1 aliphatic heterocycles. The van der Waals surface area contributed by atoms with Crippen LogP contribution in [0.15, 0.2) is 54.6 Å².